The molecule has 0 aliphatic heterocycles. The molecule has 0 radical (unpaired) electrons. The number of hydrogen-bond donors (Lipinski definition) is 1. The second kappa shape index (κ2) is 6.85. The van der Waals surface area contributed by atoms with Crippen molar-refractivity contribution in [3.8, 4) is 0 Å². The lowest BCUT2D eigenvalue weighted by Gasteiger charge is -2.15. The van der Waals surface area contributed by atoms with Gasteiger partial charge in [-0.3, -0.25) is 4.68 Å². The van der Waals surface area contributed by atoms with Crippen molar-refractivity contribution in [1.29, 1.82) is 0 Å². The third-order valence-electron chi connectivity index (χ3n) is 3.86. The third kappa shape index (κ3) is 3.67. The van der Waals surface area contributed by atoms with Gasteiger partial charge >= 0.3 is 0 Å². The second-order valence-electron chi connectivity index (χ2n) is 6.07. The van der Waals surface area contributed by atoms with E-state index in [4.69, 9.17) is 4.42 Å². The van der Waals surface area contributed by atoms with Crippen molar-refractivity contribution in [1.82, 2.24) is 24.1 Å². The Hall–Kier alpha value is -2.39. The molecule has 0 bridgehead atoms. The van der Waals surface area contributed by atoms with Gasteiger partial charge in [0.15, 0.2) is 5.03 Å². The summed E-state index contributed by atoms with van der Waals surface area (Å²) >= 11 is 0. The van der Waals surface area contributed by atoms with E-state index in [1.165, 1.54) is 6.20 Å². The van der Waals surface area contributed by atoms with E-state index in [0.717, 1.165) is 5.82 Å². The van der Waals surface area contributed by atoms with Gasteiger partial charge in [-0.1, -0.05) is 13.8 Å². The molecule has 8 nitrogen and oxygen atoms in total. The topological polar surface area (TPSA) is 94.9 Å². The molecule has 134 valence electrons. The summed E-state index contributed by atoms with van der Waals surface area (Å²) in [6.45, 7) is 4.04. The number of aromatic nitrogens is 4. The van der Waals surface area contributed by atoms with Crippen molar-refractivity contribution in [2.75, 3.05) is 6.54 Å². The second-order valence-corrected chi connectivity index (χ2v) is 7.79. The van der Waals surface area contributed by atoms with Gasteiger partial charge in [0.05, 0.1) is 6.26 Å². The van der Waals surface area contributed by atoms with Crippen LogP contribution in [0.4, 0.5) is 0 Å². The Morgan fingerprint density at radius 1 is 1.32 bits per heavy atom. The molecule has 0 saturated heterocycles. The Labute approximate surface area is 146 Å². The van der Waals surface area contributed by atoms with Gasteiger partial charge in [0.25, 0.3) is 10.0 Å². The smallest absolute Gasteiger partial charge is 0.259 e. The minimum absolute atomic E-state index is 0.0114. The molecule has 0 saturated carbocycles. The lowest BCUT2D eigenvalue weighted by molar-refractivity contribution is 0.402. The van der Waals surface area contributed by atoms with Crippen molar-refractivity contribution in [3.05, 3.63) is 54.6 Å². The third-order valence-corrected chi connectivity index (χ3v) is 5.16. The van der Waals surface area contributed by atoms with E-state index in [1.54, 1.807) is 53.2 Å². The summed E-state index contributed by atoms with van der Waals surface area (Å²) in [7, 11) is -1.95. The Morgan fingerprint density at radius 3 is 2.68 bits per heavy atom. The number of hydrogen-bond acceptors (Lipinski definition) is 5. The summed E-state index contributed by atoms with van der Waals surface area (Å²) in [6, 6.07) is 4.94. The number of aryl methyl sites for hydroxylation is 1. The van der Waals surface area contributed by atoms with E-state index in [0.29, 0.717) is 5.76 Å². The Morgan fingerprint density at radius 2 is 2.12 bits per heavy atom. The van der Waals surface area contributed by atoms with Crippen LogP contribution in [0.1, 0.15) is 37.4 Å². The van der Waals surface area contributed by atoms with Gasteiger partial charge in [-0.2, -0.15) is 5.10 Å². The normalized spacial score (nSPS) is 13.4. The zero-order valence-corrected chi connectivity index (χ0v) is 15.1. The molecule has 3 aromatic rings. The fourth-order valence-electron chi connectivity index (χ4n) is 2.65. The van der Waals surface area contributed by atoms with Crippen LogP contribution in [0.15, 0.2) is 52.5 Å². The zero-order chi connectivity index (χ0) is 18.0. The predicted octanol–water partition coefficient (Wildman–Crippen LogP) is 1.90. The summed E-state index contributed by atoms with van der Waals surface area (Å²) in [5, 5.41) is 4.20. The first-order valence-corrected chi connectivity index (χ1v) is 9.42. The summed E-state index contributed by atoms with van der Waals surface area (Å²) < 4.78 is 36.7. The van der Waals surface area contributed by atoms with E-state index in [2.05, 4.69) is 14.8 Å². The first-order chi connectivity index (χ1) is 11.9. The Bertz CT molecular complexity index is 877. The van der Waals surface area contributed by atoms with Crippen LogP contribution in [-0.2, 0) is 17.1 Å². The standard InChI is InChI=1S/C16H21N5O3S/c1-12(2)16-19-15(11-20(16)3)25(22,23)18-10-13(14-6-4-9-24-14)21-8-5-7-17-21/h4-9,11-13,18H,10H2,1-3H3. The predicted molar refractivity (Wildman–Crippen MR) is 91.6 cm³/mol. The van der Waals surface area contributed by atoms with Crippen molar-refractivity contribution >= 4 is 10.0 Å². The Balaban J connectivity index is 1.82. The fraction of sp³-hybridized carbons (Fsp3) is 0.375. The van der Waals surface area contributed by atoms with E-state index in [9.17, 15) is 8.42 Å². The summed E-state index contributed by atoms with van der Waals surface area (Å²) in [6.07, 6.45) is 6.47. The molecule has 9 heteroatoms. The SMILES string of the molecule is CC(C)c1nc(S(=O)(=O)NCC(c2ccco2)n2cccn2)cn1C. The molecule has 0 aliphatic rings. The van der Waals surface area contributed by atoms with Crippen LogP contribution in [0.5, 0.6) is 0 Å². The number of furan rings is 1. The maximum atomic E-state index is 12.6. The van der Waals surface area contributed by atoms with Crippen molar-refractivity contribution in [3.63, 3.8) is 0 Å². The van der Waals surface area contributed by atoms with Crippen molar-refractivity contribution < 1.29 is 12.8 Å². The average Bonchev–Trinajstić information content (AvgIpc) is 3.28. The molecular formula is C16H21N5O3S. The molecule has 25 heavy (non-hydrogen) atoms. The van der Waals surface area contributed by atoms with Crippen LogP contribution < -0.4 is 4.72 Å². The number of rotatable bonds is 7. The quantitative estimate of drug-likeness (QED) is 0.692. The van der Waals surface area contributed by atoms with Crippen LogP contribution in [-0.4, -0.2) is 34.3 Å². The van der Waals surface area contributed by atoms with Crippen LogP contribution in [0.2, 0.25) is 0 Å². The number of nitrogens with one attached hydrogen (secondary N) is 1. The molecule has 0 aliphatic carbocycles. The molecule has 3 heterocycles. The van der Waals surface area contributed by atoms with Crippen LogP contribution in [0.25, 0.3) is 0 Å². The highest BCUT2D eigenvalue weighted by atomic mass is 32.2. The summed E-state index contributed by atoms with van der Waals surface area (Å²) in [5.41, 5.74) is 0. The van der Waals surface area contributed by atoms with Gasteiger partial charge in [0.1, 0.15) is 17.6 Å². The highest BCUT2D eigenvalue weighted by molar-refractivity contribution is 7.89. The largest absolute Gasteiger partial charge is 0.467 e. The Kier molecular flexibility index (Phi) is 4.78. The van der Waals surface area contributed by atoms with Gasteiger partial charge in [-0.25, -0.2) is 18.1 Å². The maximum absolute atomic E-state index is 12.6. The minimum Gasteiger partial charge on any atom is -0.467 e. The lowest BCUT2D eigenvalue weighted by atomic mass is 10.2. The molecular weight excluding hydrogens is 342 g/mol. The van der Waals surface area contributed by atoms with Gasteiger partial charge in [-0.05, 0) is 18.2 Å². The highest BCUT2D eigenvalue weighted by Gasteiger charge is 2.24. The molecule has 1 N–H and O–H groups in total. The monoisotopic (exact) mass is 363 g/mol. The molecule has 1 atom stereocenters. The molecule has 0 aromatic carbocycles. The van der Waals surface area contributed by atoms with Gasteiger partial charge < -0.3 is 8.98 Å². The molecule has 0 amide bonds. The van der Waals surface area contributed by atoms with Crippen molar-refractivity contribution in [2.45, 2.75) is 30.8 Å². The first-order valence-electron chi connectivity index (χ1n) is 7.94. The van der Waals surface area contributed by atoms with Gasteiger partial charge in [0.2, 0.25) is 0 Å². The molecule has 1 unspecified atom stereocenters. The number of nitrogens with zero attached hydrogens (tertiary/aromatic N) is 4. The van der Waals surface area contributed by atoms with E-state index < -0.39 is 10.0 Å². The number of sulfonamides is 1. The maximum Gasteiger partial charge on any atom is 0.259 e. The van der Waals surface area contributed by atoms with Crippen LogP contribution in [0, 0.1) is 0 Å². The molecule has 3 aromatic heterocycles. The first kappa shape index (κ1) is 17.4. The van der Waals surface area contributed by atoms with Crippen LogP contribution >= 0.6 is 0 Å². The molecule has 0 fully saturated rings. The van der Waals surface area contributed by atoms with E-state index in [-0.39, 0.29) is 23.5 Å². The van der Waals surface area contributed by atoms with Gasteiger partial charge in [0, 0.05) is 38.1 Å². The van der Waals surface area contributed by atoms with Crippen LogP contribution in [0.3, 0.4) is 0 Å². The fourth-order valence-corrected chi connectivity index (χ4v) is 3.69. The van der Waals surface area contributed by atoms with Gasteiger partial charge in [-0.15, -0.1) is 0 Å². The zero-order valence-electron chi connectivity index (χ0n) is 14.3. The van der Waals surface area contributed by atoms with Crippen molar-refractivity contribution in [2.24, 2.45) is 7.05 Å². The molecule has 3 rings (SSSR count). The lowest BCUT2D eigenvalue weighted by Crippen LogP contribution is -2.31. The molecule has 0 spiro atoms. The average molecular weight is 363 g/mol. The summed E-state index contributed by atoms with van der Waals surface area (Å²) in [5.74, 6) is 1.47. The minimum atomic E-state index is -3.74. The summed E-state index contributed by atoms with van der Waals surface area (Å²) in [4.78, 5) is 4.25. The van der Waals surface area contributed by atoms with E-state index in [1.807, 2.05) is 13.8 Å². The van der Waals surface area contributed by atoms with E-state index >= 15 is 0 Å². The number of imidazole rings is 1. The highest BCUT2D eigenvalue weighted by Crippen LogP contribution is 2.19.